The molecule has 0 unspecified atom stereocenters. The van der Waals surface area contributed by atoms with Gasteiger partial charge in [-0.1, -0.05) is 18.2 Å². The number of fused-ring (bicyclic) bond motifs is 1. The van der Waals surface area contributed by atoms with Gasteiger partial charge in [0.2, 0.25) is 0 Å². The van der Waals surface area contributed by atoms with E-state index in [1.807, 2.05) is 38.1 Å². The van der Waals surface area contributed by atoms with Gasteiger partial charge in [0.15, 0.2) is 5.69 Å². The SMILES string of the molecule is Cc1cc(C(=O)n2c(C)c(N)c3ccccc32)n[nH]1. The van der Waals surface area contributed by atoms with Crippen LogP contribution < -0.4 is 5.73 Å². The number of para-hydroxylation sites is 1. The number of rotatable bonds is 1. The normalized spacial score (nSPS) is 11.1. The highest BCUT2D eigenvalue weighted by molar-refractivity contribution is 6.06. The fourth-order valence-corrected chi connectivity index (χ4v) is 2.30. The molecule has 0 aliphatic heterocycles. The second-order valence-electron chi connectivity index (χ2n) is 4.59. The molecule has 0 saturated carbocycles. The lowest BCUT2D eigenvalue weighted by Crippen LogP contribution is -2.14. The summed E-state index contributed by atoms with van der Waals surface area (Å²) < 4.78 is 1.61. The third-order valence-corrected chi connectivity index (χ3v) is 3.29. The van der Waals surface area contributed by atoms with Crippen LogP contribution in [0, 0.1) is 13.8 Å². The fourth-order valence-electron chi connectivity index (χ4n) is 2.30. The minimum absolute atomic E-state index is 0.172. The summed E-state index contributed by atoms with van der Waals surface area (Å²) in [7, 11) is 0. The monoisotopic (exact) mass is 254 g/mol. The molecule has 0 aliphatic rings. The van der Waals surface area contributed by atoms with E-state index in [2.05, 4.69) is 10.2 Å². The van der Waals surface area contributed by atoms with Crippen LogP contribution in [0.3, 0.4) is 0 Å². The number of hydrogen-bond donors (Lipinski definition) is 2. The number of aromatic nitrogens is 3. The average Bonchev–Trinajstić information content (AvgIpc) is 2.94. The van der Waals surface area contributed by atoms with Crippen molar-refractivity contribution < 1.29 is 4.79 Å². The maximum atomic E-state index is 12.5. The van der Waals surface area contributed by atoms with Gasteiger partial charge in [0, 0.05) is 16.8 Å². The third-order valence-electron chi connectivity index (χ3n) is 3.29. The summed E-state index contributed by atoms with van der Waals surface area (Å²) in [4.78, 5) is 12.5. The largest absolute Gasteiger partial charge is 0.397 e. The molecule has 19 heavy (non-hydrogen) atoms. The van der Waals surface area contributed by atoms with E-state index in [-0.39, 0.29) is 5.91 Å². The summed E-state index contributed by atoms with van der Waals surface area (Å²) >= 11 is 0. The first-order valence-electron chi connectivity index (χ1n) is 6.02. The highest BCUT2D eigenvalue weighted by atomic mass is 16.2. The molecule has 2 heterocycles. The minimum Gasteiger partial charge on any atom is -0.397 e. The Morgan fingerprint density at radius 1 is 1.32 bits per heavy atom. The number of nitrogens with zero attached hydrogens (tertiary/aromatic N) is 2. The number of H-pyrrole nitrogens is 1. The van der Waals surface area contributed by atoms with Crippen LogP contribution >= 0.6 is 0 Å². The third kappa shape index (κ3) is 1.62. The van der Waals surface area contributed by atoms with Gasteiger partial charge in [0.25, 0.3) is 5.91 Å². The Labute approximate surface area is 110 Å². The van der Waals surface area contributed by atoms with Gasteiger partial charge >= 0.3 is 0 Å². The van der Waals surface area contributed by atoms with Gasteiger partial charge < -0.3 is 5.73 Å². The van der Waals surface area contributed by atoms with Crippen molar-refractivity contribution in [1.82, 2.24) is 14.8 Å². The molecule has 0 aliphatic carbocycles. The van der Waals surface area contributed by atoms with Crippen LogP contribution in [0.5, 0.6) is 0 Å². The molecule has 0 saturated heterocycles. The van der Waals surface area contributed by atoms with Crippen molar-refractivity contribution in [3.05, 3.63) is 47.4 Å². The second-order valence-corrected chi connectivity index (χ2v) is 4.59. The predicted octanol–water partition coefficient (Wildman–Crippen LogP) is 2.25. The number of nitrogens with two attached hydrogens (primary N) is 1. The molecule has 0 fully saturated rings. The maximum absolute atomic E-state index is 12.5. The Morgan fingerprint density at radius 2 is 2.05 bits per heavy atom. The minimum atomic E-state index is -0.172. The van der Waals surface area contributed by atoms with Crippen molar-refractivity contribution in [3.8, 4) is 0 Å². The van der Waals surface area contributed by atoms with E-state index in [0.29, 0.717) is 11.4 Å². The first-order chi connectivity index (χ1) is 9.09. The van der Waals surface area contributed by atoms with E-state index in [1.165, 1.54) is 0 Å². The molecule has 5 nitrogen and oxygen atoms in total. The second kappa shape index (κ2) is 3.98. The number of aromatic amines is 1. The topological polar surface area (TPSA) is 76.7 Å². The molecule has 2 aromatic heterocycles. The van der Waals surface area contributed by atoms with Gasteiger partial charge in [-0.2, -0.15) is 5.10 Å². The highest BCUT2D eigenvalue weighted by Crippen LogP contribution is 2.28. The molecule has 3 aromatic rings. The molecule has 0 bridgehead atoms. The Hall–Kier alpha value is -2.56. The van der Waals surface area contributed by atoms with Crippen LogP contribution in [0.2, 0.25) is 0 Å². The van der Waals surface area contributed by atoms with Gasteiger partial charge in [0.1, 0.15) is 0 Å². The molecule has 0 radical (unpaired) electrons. The fraction of sp³-hybridized carbons (Fsp3) is 0.143. The van der Waals surface area contributed by atoms with Gasteiger partial charge in [0.05, 0.1) is 11.2 Å². The van der Waals surface area contributed by atoms with Gasteiger partial charge in [-0.05, 0) is 26.0 Å². The zero-order chi connectivity index (χ0) is 13.6. The lowest BCUT2D eigenvalue weighted by molar-refractivity contribution is 0.0958. The van der Waals surface area contributed by atoms with Gasteiger partial charge in [-0.3, -0.25) is 14.5 Å². The summed E-state index contributed by atoms with van der Waals surface area (Å²) in [6.45, 7) is 3.70. The molecule has 5 heteroatoms. The summed E-state index contributed by atoms with van der Waals surface area (Å²) in [5, 5.41) is 7.68. The van der Waals surface area contributed by atoms with Crippen LogP contribution in [0.4, 0.5) is 5.69 Å². The van der Waals surface area contributed by atoms with E-state index in [4.69, 9.17) is 5.73 Å². The van der Waals surface area contributed by atoms with Crippen molar-refractivity contribution in [2.75, 3.05) is 5.73 Å². The van der Waals surface area contributed by atoms with Crippen molar-refractivity contribution in [2.24, 2.45) is 0 Å². The van der Waals surface area contributed by atoms with Crippen LogP contribution in [-0.4, -0.2) is 20.7 Å². The zero-order valence-corrected chi connectivity index (χ0v) is 10.8. The lowest BCUT2D eigenvalue weighted by Gasteiger charge is -2.04. The number of benzene rings is 1. The number of nitrogen functional groups attached to an aromatic ring is 1. The first kappa shape index (κ1) is 11.5. The van der Waals surface area contributed by atoms with Crippen LogP contribution in [-0.2, 0) is 0 Å². The molecule has 96 valence electrons. The standard InChI is InChI=1S/C14H14N4O/c1-8-7-11(17-16-8)14(19)18-9(2)13(15)10-5-3-4-6-12(10)18/h3-7H,15H2,1-2H3,(H,16,17). The number of hydrogen-bond acceptors (Lipinski definition) is 3. The molecule has 0 amide bonds. The van der Waals surface area contributed by atoms with E-state index in [9.17, 15) is 4.79 Å². The van der Waals surface area contributed by atoms with E-state index in [1.54, 1.807) is 10.6 Å². The van der Waals surface area contributed by atoms with E-state index >= 15 is 0 Å². The summed E-state index contributed by atoms with van der Waals surface area (Å²) in [6, 6.07) is 9.33. The Morgan fingerprint density at radius 3 is 2.74 bits per heavy atom. The summed E-state index contributed by atoms with van der Waals surface area (Å²) in [5.74, 6) is -0.172. The smallest absolute Gasteiger partial charge is 0.283 e. The van der Waals surface area contributed by atoms with Crippen molar-refractivity contribution in [2.45, 2.75) is 13.8 Å². The van der Waals surface area contributed by atoms with Crippen molar-refractivity contribution >= 4 is 22.5 Å². The number of nitrogens with one attached hydrogen (secondary N) is 1. The average molecular weight is 254 g/mol. The Balaban J connectivity index is 2.25. The van der Waals surface area contributed by atoms with Crippen LogP contribution in [0.1, 0.15) is 21.9 Å². The van der Waals surface area contributed by atoms with Crippen LogP contribution in [0.25, 0.3) is 10.9 Å². The van der Waals surface area contributed by atoms with Crippen LogP contribution in [0.15, 0.2) is 30.3 Å². The predicted molar refractivity (Wildman–Crippen MR) is 74.1 cm³/mol. The molecular weight excluding hydrogens is 240 g/mol. The quantitative estimate of drug-likeness (QED) is 0.699. The molecule has 0 spiro atoms. The molecule has 3 N–H and O–H groups in total. The number of carbonyl (C=O) groups is 1. The summed E-state index contributed by atoms with van der Waals surface area (Å²) in [5.41, 5.74) is 9.49. The Bertz CT molecular complexity index is 782. The highest BCUT2D eigenvalue weighted by Gasteiger charge is 2.19. The number of anilines is 1. The molecular formula is C14H14N4O. The van der Waals surface area contributed by atoms with Crippen molar-refractivity contribution in [1.29, 1.82) is 0 Å². The Kier molecular flexibility index (Phi) is 2.41. The van der Waals surface area contributed by atoms with Gasteiger partial charge in [-0.15, -0.1) is 0 Å². The number of carbonyl (C=O) groups excluding carboxylic acids is 1. The number of aryl methyl sites for hydroxylation is 1. The molecule has 0 atom stereocenters. The molecule has 1 aromatic carbocycles. The molecule has 3 rings (SSSR count). The first-order valence-corrected chi connectivity index (χ1v) is 6.02. The van der Waals surface area contributed by atoms with Gasteiger partial charge in [-0.25, -0.2) is 0 Å². The van der Waals surface area contributed by atoms with E-state index < -0.39 is 0 Å². The summed E-state index contributed by atoms with van der Waals surface area (Å²) in [6.07, 6.45) is 0. The van der Waals surface area contributed by atoms with Crippen molar-refractivity contribution in [3.63, 3.8) is 0 Å². The van der Waals surface area contributed by atoms with E-state index in [0.717, 1.165) is 22.3 Å². The zero-order valence-electron chi connectivity index (χ0n) is 10.8. The lowest BCUT2D eigenvalue weighted by atomic mass is 10.2. The maximum Gasteiger partial charge on any atom is 0.283 e.